The second-order valence-electron chi connectivity index (χ2n) is 5.25. The first-order chi connectivity index (χ1) is 9.61. The number of hydrogen-bond donors (Lipinski definition) is 1. The highest BCUT2D eigenvalue weighted by Gasteiger charge is 2.16. The Morgan fingerprint density at radius 2 is 2.10 bits per heavy atom. The van der Waals surface area contributed by atoms with Crippen LogP contribution in [-0.4, -0.2) is 0 Å². The molecule has 0 amide bonds. The molecule has 0 fully saturated rings. The van der Waals surface area contributed by atoms with Gasteiger partial charge in [0, 0.05) is 17.0 Å². The molecule has 2 atom stereocenters. The van der Waals surface area contributed by atoms with Crippen molar-refractivity contribution in [1.82, 2.24) is 5.32 Å². The fraction of sp³-hybridized carbons (Fsp3) is 0.412. The molecule has 108 valence electrons. The first-order valence-corrected chi connectivity index (χ1v) is 8.05. The normalized spacial score (nSPS) is 14.2. The Bertz CT molecular complexity index is 536. The van der Waals surface area contributed by atoms with Gasteiger partial charge in [0.05, 0.1) is 0 Å². The highest BCUT2D eigenvalue weighted by atomic mass is 32.1. The van der Waals surface area contributed by atoms with Gasteiger partial charge in [-0.05, 0) is 48.9 Å². The largest absolute Gasteiger partial charge is 0.303 e. The number of thiophene rings is 1. The zero-order valence-corrected chi connectivity index (χ0v) is 13.1. The molecule has 0 radical (unpaired) electrons. The van der Waals surface area contributed by atoms with Gasteiger partial charge in [0.25, 0.3) is 0 Å². The van der Waals surface area contributed by atoms with Crippen molar-refractivity contribution in [3.05, 3.63) is 57.5 Å². The Hall–Kier alpha value is -1.19. The van der Waals surface area contributed by atoms with Crippen LogP contribution in [0.3, 0.4) is 0 Å². The van der Waals surface area contributed by atoms with Gasteiger partial charge >= 0.3 is 0 Å². The summed E-state index contributed by atoms with van der Waals surface area (Å²) >= 11 is 1.78. The lowest BCUT2D eigenvalue weighted by atomic mass is 10.0. The SMILES string of the molecule is CCCC(NC(C)c1ccc(C)c(F)c1)c1cccs1. The summed E-state index contributed by atoms with van der Waals surface area (Å²) in [4.78, 5) is 1.35. The molecule has 0 aliphatic rings. The van der Waals surface area contributed by atoms with Gasteiger partial charge in [0.2, 0.25) is 0 Å². The third-order valence-corrected chi connectivity index (χ3v) is 4.60. The van der Waals surface area contributed by atoms with E-state index < -0.39 is 0 Å². The van der Waals surface area contributed by atoms with Crippen molar-refractivity contribution in [2.24, 2.45) is 0 Å². The van der Waals surface area contributed by atoms with Crippen molar-refractivity contribution in [1.29, 1.82) is 0 Å². The second-order valence-corrected chi connectivity index (χ2v) is 6.23. The third-order valence-electron chi connectivity index (χ3n) is 3.61. The van der Waals surface area contributed by atoms with Crippen LogP contribution in [0, 0.1) is 12.7 Å². The minimum Gasteiger partial charge on any atom is -0.303 e. The number of rotatable bonds is 6. The number of hydrogen-bond acceptors (Lipinski definition) is 2. The Labute approximate surface area is 124 Å². The summed E-state index contributed by atoms with van der Waals surface area (Å²) in [7, 11) is 0. The second kappa shape index (κ2) is 7.00. The first kappa shape index (κ1) is 15.2. The van der Waals surface area contributed by atoms with E-state index in [1.165, 1.54) is 4.88 Å². The molecule has 2 aromatic rings. The van der Waals surface area contributed by atoms with E-state index in [-0.39, 0.29) is 11.9 Å². The fourth-order valence-corrected chi connectivity index (χ4v) is 3.18. The van der Waals surface area contributed by atoms with E-state index in [0.29, 0.717) is 11.6 Å². The lowest BCUT2D eigenvalue weighted by Crippen LogP contribution is -2.24. The van der Waals surface area contributed by atoms with Gasteiger partial charge < -0.3 is 5.32 Å². The molecule has 2 rings (SSSR count). The zero-order chi connectivity index (χ0) is 14.5. The van der Waals surface area contributed by atoms with Gasteiger partial charge in [-0.1, -0.05) is 31.5 Å². The molecule has 0 saturated heterocycles. The molecule has 0 aliphatic heterocycles. The number of halogens is 1. The predicted octanol–water partition coefficient (Wildman–Crippen LogP) is 5.39. The predicted molar refractivity (Wildman–Crippen MR) is 84.7 cm³/mol. The van der Waals surface area contributed by atoms with Crippen LogP contribution in [0.15, 0.2) is 35.7 Å². The van der Waals surface area contributed by atoms with Crippen molar-refractivity contribution >= 4 is 11.3 Å². The van der Waals surface area contributed by atoms with E-state index in [9.17, 15) is 4.39 Å². The van der Waals surface area contributed by atoms with E-state index in [0.717, 1.165) is 18.4 Å². The molecule has 0 aliphatic carbocycles. The highest BCUT2D eigenvalue weighted by Crippen LogP contribution is 2.27. The molecule has 0 bridgehead atoms. The summed E-state index contributed by atoms with van der Waals surface area (Å²) in [5, 5.41) is 5.73. The molecule has 1 aromatic carbocycles. The van der Waals surface area contributed by atoms with Crippen LogP contribution in [0.25, 0.3) is 0 Å². The summed E-state index contributed by atoms with van der Waals surface area (Å²) in [6.45, 7) is 6.08. The summed E-state index contributed by atoms with van der Waals surface area (Å²) in [6.07, 6.45) is 2.23. The van der Waals surface area contributed by atoms with Crippen molar-refractivity contribution in [2.75, 3.05) is 0 Å². The van der Waals surface area contributed by atoms with Crippen molar-refractivity contribution in [2.45, 2.75) is 45.7 Å². The van der Waals surface area contributed by atoms with Crippen LogP contribution in [0.5, 0.6) is 0 Å². The molecule has 0 spiro atoms. The minimum atomic E-state index is -0.126. The molecule has 20 heavy (non-hydrogen) atoms. The van der Waals surface area contributed by atoms with E-state index in [4.69, 9.17) is 0 Å². The van der Waals surface area contributed by atoms with Crippen LogP contribution < -0.4 is 5.32 Å². The smallest absolute Gasteiger partial charge is 0.126 e. The molecule has 1 aromatic heterocycles. The summed E-state index contributed by atoms with van der Waals surface area (Å²) in [5.74, 6) is -0.126. The van der Waals surface area contributed by atoms with Gasteiger partial charge in [-0.3, -0.25) is 0 Å². The van der Waals surface area contributed by atoms with Gasteiger partial charge in [-0.15, -0.1) is 11.3 Å². The summed E-state index contributed by atoms with van der Waals surface area (Å²) < 4.78 is 13.7. The van der Waals surface area contributed by atoms with Crippen LogP contribution in [-0.2, 0) is 0 Å². The molecular weight excluding hydrogens is 269 g/mol. The van der Waals surface area contributed by atoms with Crippen molar-refractivity contribution < 1.29 is 4.39 Å². The summed E-state index contributed by atoms with van der Waals surface area (Å²) in [6, 6.07) is 10.2. The molecule has 1 heterocycles. The van der Waals surface area contributed by atoms with E-state index in [1.54, 1.807) is 24.3 Å². The highest BCUT2D eigenvalue weighted by molar-refractivity contribution is 7.10. The molecule has 0 saturated carbocycles. The maximum absolute atomic E-state index is 13.7. The minimum absolute atomic E-state index is 0.126. The molecule has 1 N–H and O–H groups in total. The first-order valence-electron chi connectivity index (χ1n) is 7.17. The lowest BCUT2D eigenvalue weighted by Gasteiger charge is -2.23. The van der Waals surface area contributed by atoms with Gasteiger partial charge in [0.1, 0.15) is 5.82 Å². The van der Waals surface area contributed by atoms with E-state index >= 15 is 0 Å². The summed E-state index contributed by atoms with van der Waals surface area (Å²) in [5.41, 5.74) is 1.70. The third kappa shape index (κ3) is 3.68. The van der Waals surface area contributed by atoms with Crippen molar-refractivity contribution in [3.63, 3.8) is 0 Å². The Kier molecular flexibility index (Phi) is 5.32. The molecule has 3 heteroatoms. The Morgan fingerprint density at radius 1 is 1.30 bits per heavy atom. The van der Waals surface area contributed by atoms with Crippen LogP contribution in [0.1, 0.15) is 54.8 Å². The maximum Gasteiger partial charge on any atom is 0.126 e. The van der Waals surface area contributed by atoms with E-state index in [1.807, 2.05) is 12.1 Å². The maximum atomic E-state index is 13.7. The average Bonchev–Trinajstić information content (AvgIpc) is 2.95. The van der Waals surface area contributed by atoms with Gasteiger partial charge in [-0.25, -0.2) is 4.39 Å². The zero-order valence-electron chi connectivity index (χ0n) is 12.3. The van der Waals surface area contributed by atoms with Crippen molar-refractivity contribution in [3.8, 4) is 0 Å². The van der Waals surface area contributed by atoms with Crippen LogP contribution in [0.2, 0.25) is 0 Å². The molecular formula is C17H22FNS. The number of nitrogens with one attached hydrogen (secondary N) is 1. The number of aryl methyl sites for hydroxylation is 1. The lowest BCUT2D eigenvalue weighted by molar-refractivity contribution is 0.443. The number of benzene rings is 1. The quantitative estimate of drug-likeness (QED) is 0.752. The standard InChI is InChI=1S/C17H22FNS/c1-4-6-16(17-7-5-10-20-17)19-13(3)14-9-8-12(2)15(18)11-14/h5,7-11,13,16,19H,4,6H2,1-3H3. The van der Waals surface area contributed by atoms with E-state index in [2.05, 4.69) is 36.7 Å². The fourth-order valence-electron chi connectivity index (χ4n) is 2.36. The Balaban J connectivity index is 2.11. The van der Waals surface area contributed by atoms with Crippen LogP contribution in [0.4, 0.5) is 4.39 Å². The van der Waals surface area contributed by atoms with Gasteiger partial charge in [0.15, 0.2) is 0 Å². The average molecular weight is 291 g/mol. The monoisotopic (exact) mass is 291 g/mol. The van der Waals surface area contributed by atoms with Gasteiger partial charge in [-0.2, -0.15) is 0 Å². The molecule has 2 unspecified atom stereocenters. The molecule has 1 nitrogen and oxygen atoms in total. The topological polar surface area (TPSA) is 12.0 Å². The Morgan fingerprint density at radius 3 is 2.70 bits per heavy atom. The van der Waals surface area contributed by atoms with Crippen LogP contribution >= 0.6 is 11.3 Å².